The maximum Gasteiger partial charge on any atom is 0.472 e. The van der Waals surface area contributed by atoms with Crippen LogP contribution in [0.1, 0.15) is 453 Å². The van der Waals surface area contributed by atoms with Gasteiger partial charge in [-0.25, -0.2) is 9.13 Å². The topological polar surface area (TPSA) is 237 Å². The molecule has 0 aromatic heterocycles. The Kier molecular flexibility index (Phi) is 74.7. The van der Waals surface area contributed by atoms with E-state index in [0.29, 0.717) is 25.7 Å². The Hall–Kier alpha value is -1.94. The van der Waals surface area contributed by atoms with E-state index in [0.717, 1.165) is 114 Å². The van der Waals surface area contributed by atoms with Crippen molar-refractivity contribution in [3.8, 4) is 0 Å². The minimum absolute atomic E-state index is 0.107. The van der Waals surface area contributed by atoms with E-state index in [2.05, 4.69) is 48.5 Å². The summed E-state index contributed by atoms with van der Waals surface area (Å²) in [5.41, 5.74) is 0. The summed E-state index contributed by atoms with van der Waals surface area (Å²) in [6.07, 6.45) is 66.6. The van der Waals surface area contributed by atoms with Crippen molar-refractivity contribution in [1.29, 1.82) is 0 Å². The van der Waals surface area contributed by atoms with E-state index in [1.165, 1.54) is 257 Å². The molecule has 19 heteroatoms. The fraction of sp³-hybridized carbons (Fsp3) is 0.953. The number of phosphoric acid groups is 2. The summed E-state index contributed by atoms with van der Waals surface area (Å²) in [6.45, 7) is 12.0. The average molecular weight is 1540 g/mol. The summed E-state index contributed by atoms with van der Waals surface area (Å²) in [5.74, 6) is 0.296. The molecule has 4 unspecified atom stereocenters. The fourth-order valence-corrected chi connectivity index (χ4v) is 14.9. The first-order valence-corrected chi connectivity index (χ1v) is 47.4. The van der Waals surface area contributed by atoms with Gasteiger partial charge in [0.15, 0.2) is 12.2 Å². The first-order valence-electron chi connectivity index (χ1n) is 44.4. The van der Waals surface area contributed by atoms with Crippen LogP contribution in [0.15, 0.2) is 0 Å². The molecular formula is C86H168O17P2. The lowest BCUT2D eigenvalue weighted by molar-refractivity contribution is -0.161. The molecule has 7 atom stereocenters. The molecule has 0 saturated carbocycles. The molecule has 0 bridgehead atoms. The second kappa shape index (κ2) is 76.1. The zero-order valence-electron chi connectivity index (χ0n) is 69.2. The van der Waals surface area contributed by atoms with Crippen LogP contribution in [-0.4, -0.2) is 96.7 Å². The first kappa shape index (κ1) is 103. The van der Waals surface area contributed by atoms with E-state index >= 15 is 0 Å². The van der Waals surface area contributed by atoms with Crippen LogP contribution in [-0.2, 0) is 65.4 Å². The van der Waals surface area contributed by atoms with Crippen molar-refractivity contribution in [2.75, 3.05) is 39.6 Å². The monoisotopic (exact) mass is 1540 g/mol. The number of aliphatic hydroxyl groups is 1. The maximum absolute atomic E-state index is 13.1. The highest BCUT2D eigenvalue weighted by Gasteiger charge is 2.30. The minimum Gasteiger partial charge on any atom is -0.462 e. The average Bonchev–Trinajstić information content (AvgIpc) is 0.911. The van der Waals surface area contributed by atoms with Gasteiger partial charge >= 0.3 is 39.5 Å². The first-order chi connectivity index (χ1) is 50.8. The molecule has 624 valence electrons. The molecule has 0 aromatic carbocycles. The smallest absolute Gasteiger partial charge is 0.462 e. The SMILES string of the molecule is CCCCCCCCCCCCCCCCCCC(=O)O[C@H](COC(=O)CCCCCCCCC(C)CC)COP(=O)(O)OC[C@H](O)COP(=O)(O)OC[C@@H](COC(=O)CCCCCCCCCCCCCCCCC(C)C)OC(=O)CCCCCCCCCCCCCCCCCCCCC(C)CC. The van der Waals surface area contributed by atoms with Crippen LogP contribution >= 0.6 is 15.6 Å². The molecule has 0 spiro atoms. The number of ether oxygens (including phenoxy) is 4. The second-order valence-electron chi connectivity index (χ2n) is 31.9. The molecule has 0 radical (unpaired) electrons. The number of hydrogen-bond donors (Lipinski definition) is 3. The van der Waals surface area contributed by atoms with Crippen molar-refractivity contribution in [3.05, 3.63) is 0 Å². The molecule has 0 aliphatic rings. The number of carbonyl (C=O) groups excluding carboxylic acids is 4. The summed E-state index contributed by atoms with van der Waals surface area (Å²) in [4.78, 5) is 73.2. The summed E-state index contributed by atoms with van der Waals surface area (Å²) in [5, 5.41) is 10.7. The van der Waals surface area contributed by atoms with E-state index in [-0.39, 0.29) is 25.7 Å². The normalized spacial score (nSPS) is 14.4. The largest absolute Gasteiger partial charge is 0.472 e. The number of esters is 4. The minimum atomic E-state index is -4.97. The lowest BCUT2D eigenvalue weighted by Crippen LogP contribution is -2.30. The van der Waals surface area contributed by atoms with Crippen LogP contribution in [0.4, 0.5) is 0 Å². The van der Waals surface area contributed by atoms with Gasteiger partial charge in [0, 0.05) is 25.7 Å². The van der Waals surface area contributed by atoms with Crippen LogP contribution in [0, 0.1) is 17.8 Å². The van der Waals surface area contributed by atoms with Crippen LogP contribution in [0.3, 0.4) is 0 Å². The summed E-state index contributed by atoms with van der Waals surface area (Å²) in [6, 6.07) is 0. The Morgan fingerprint density at radius 3 is 0.724 bits per heavy atom. The molecule has 3 N–H and O–H groups in total. The zero-order chi connectivity index (χ0) is 77.2. The van der Waals surface area contributed by atoms with Gasteiger partial charge in [0.25, 0.3) is 0 Å². The van der Waals surface area contributed by atoms with Crippen molar-refractivity contribution < 1.29 is 80.2 Å². The highest BCUT2D eigenvalue weighted by Crippen LogP contribution is 2.45. The van der Waals surface area contributed by atoms with Crippen LogP contribution < -0.4 is 0 Å². The summed E-state index contributed by atoms with van der Waals surface area (Å²) in [7, 11) is -9.93. The van der Waals surface area contributed by atoms with Gasteiger partial charge in [-0.2, -0.15) is 0 Å². The van der Waals surface area contributed by atoms with Crippen LogP contribution in [0.5, 0.6) is 0 Å². The molecule has 0 amide bonds. The number of phosphoric ester groups is 2. The highest BCUT2D eigenvalue weighted by atomic mass is 31.2. The highest BCUT2D eigenvalue weighted by molar-refractivity contribution is 7.47. The van der Waals surface area contributed by atoms with Gasteiger partial charge < -0.3 is 33.8 Å². The van der Waals surface area contributed by atoms with Crippen molar-refractivity contribution >= 4 is 39.5 Å². The maximum atomic E-state index is 13.1. The van der Waals surface area contributed by atoms with Gasteiger partial charge in [-0.15, -0.1) is 0 Å². The summed E-state index contributed by atoms with van der Waals surface area (Å²) >= 11 is 0. The van der Waals surface area contributed by atoms with E-state index in [1.54, 1.807) is 0 Å². The quantitative estimate of drug-likeness (QED) is 0.0222. The number of unbranched alkanes of at least 4 members (excludes halogenated alkanes) is 50. The predicted octanol–water partition coefficient (Wildman–Crippen LogP) is 26.1. The third-order valence-corrected chi connectivity index (χ3v) is 22.8. The molecule has 0 heterocycles. The Morgan fingerprint density at radius 1 is 0.276 bits per heavy atom. The Labute approximate surface area is 645 Å². The summed E-state index contributed by atoms with van der Waals surface area (Å²) < 4.78 is 68.9. The fourth-order valence-electron chi connectivity index (χ4n) is 13.3. The van der Waals surface area contributed by atoms with Crippen molar-refractivity contribution in [1.82, 2.24) is 0 Å². The Bertz CT molecular complexity index is 2030. The molecule has 0 aromatic rings. The number of aliphatic hydroxyl groups excluding tert-OH is 1. The van der Waals surface area contributed by atoms with Crippen LogP contribution in [0.2, 0.25) is 0 Å². The molecule has 17 nitrogen and oxygen atoms in total. The van der Waals surface area contributed by atoms with E-state index in [9.17, 15) is 43.2 Å². The lowest BCUT2D eigenvalue weighted by Gasteiger charge is -2.21. The van der Waals surface area contributed by atoms with Crippen molar-refractivity contribution in [2.45, 2.75) is 471 Å². The van der Waals surface area contributed by atoms with Gasteiger partial charge in [0.05, 0.1) is 26.4 Å². The molecule has 0 aliphatic carbocycles. The number of hydrogen-bond acceptors (Lipinski definition) is 15. The Morgan fingerprint density at radius 2 is 0.486 bits per heavy atom. The van der Waals surface area contributed by atoms with Gasteiger partial charge in [0.2, 0.25) is 0 Å². The Balaban J connectivity index is 5.23. The van der Waals surface area contributed by atoms with Crippen LogP contribution in [0.25, 0.3) is 0 Å². The van der Waals surface area contributed by atoms with Gasteiger partial charge in [0.1, 0.15) is 19.3 Å². The molecular weight excluding hydrogens is 1370 g/mol. The number of rotatable bonds is 84. The second-order valence-corrected chi connectivity index (χ2v) is 34.8. The van der Waals surface area contributed by atoms with Gasteiger partial charge in [-0.1, -0.05) is 402 Å². The van der Waals surface area contributed by atoms with Gasteiger partial charge in [-0.05, 0) is 43.4 Å². The lowest BCUT2D eigenvalue weighted by atomic mass is 9.99. The molecule has 0 saturated heterocycles. The molecule has 0 fully saturated rings. The standard InChI is InChI=1S/C86H168O17P2/c1-8-11-12-13-14-15-16-17-18-24-31-36-41-46-55-62-70-86(91)103-82(74-97-84(89)68-61-54-49-48-52-59-66-79(7)10-3)76-101-105(94,95)99-72-80(87)71-98-104(92,93)100-75-81(73-96-83(88)67-60-53-45-40-35-30-27-26-28-33-38-43-50-57-64-77(4)5)102-85(90)69-63-56-47-42-37-32-25-22-20-19-21-23-29-34-39-44-51-58-65-78(6)9-2/h77-82,87H,8-76H2,1-7H3,(H,92,93)(H,94,95)/t78?,79?,80-,81-,82-/m1/s1. The molecule has 105 heavy (non-hydrogen) atoms. The van der Waals surface area contributed by atoms with Gasteiger partial charge in [-0.3, -0.25) is 37.3 Å². The van der Waals surface area contributed by atoms with Crippen molar-refractivity contribution in [3.63, 3.8) is 0 Å². The third kappa shape index (κ3) is 77.2. The van der Waals surface area contributed by atoms with E-state index in [1.807, 2.05) is 0 Å². The molecule has 0 rings (SSSR count). The van der Waals surface area contributed by atoms with E-state index < -0.39 is 97.5 Å². The zero-order valence-corrected chi connectivity index (χ0v) is 71.0. The third-order valence-electron chi connectivity index (χ3n) is 20.9. The van der Waals surface area contributed by atoms with E-state index in [4.69, 9.17) is 37.0 Å². The predicted molar refractivity (Wildman–Crippen MR) is 432 cm³/mol. The number of carbonyl (C=O) groups is 4. The molecule has 0 aliphatic heterocycles. The van der Waals surface area contributed by atoms with Crippen molar-refractivity contribution in [2.24, 2.45) is 17.8 Å².